The van der Waals surface area contributed by atoms with Gasteiger partial charge in [0.15, 0.2) is 0 Å². The van der Waals surface area contributed by atoms with Crippen LogP contribution in [0.4, 0.5) is 0 Å². The third-order valence-corrected chi connectivity index (χ3v) is 5.65. The molecule has 0 heterocycles. The Morgan fingerprint density at radius 2 is 1.06 bits per heavy atom. The Balaban J connectivity index is 0.000000356. The van der Waals surface area contributed by atoms with Crippen LogP contribution in [-0.2, 0) is 26.2 Å². The van der Waals surface area contributed by atoms with Crippen LogP contribution < -0.4 is 0 Å². The Bertz CT molecular complexity index is 694. The standard InChI is InChI=1S/C20H20.2C5H10.Zr/c1-3-11-18(4-2)20(19-14-9-6-10-15-19)16-17-12-7-5-8-13-17;2*1-2-4-5-3-1;/h5-10,12-15H,3-4H2,1-2H3;2*1-5H2;/q-2;;;+4. The molecule has 0 bridgehead atoms. The molecule has 0 atom stereocenters. The number of allylic oxidation sites excluding steroid dienone is 3. The molecule has 0 amide bonds. The molecule has 0 aliphatic heterocycles. The van der Waals surface area contributed by atoms with Crippen molar-refractivity contribution in [1.82, 2.24) is 0 Å². The summed E-state index contributed by atoms with van der Waals surface area (Å²) in [6.07, 6.45) is 23.9. The molecule has 2 aromatic carbocycles. The van der Waals surface area contributed by atoms with Gasteiger partial charge in [-0.15, -0.1) is 36.2 Å². The Hall–Kier alpha value is -1.20. The first-order chi connectivity index (χ1) is 14.8. The number of rotatable bonds is 5. The van der Waals surface area contributed by atoms with Gasteiger partial charge in [0.1, 0.15) is 0 Å². The minimum absolute atomic E-state index is 0. The van der Waals surface area contributed by atoms with Gasteiger partial charge in [-0.05, 0) is 0 Å². The molecule has 2 saturated carbocycles. The Morgan fingerprint density at radius 1 is 0.645 bits per heavy atom. The van der Waals surface area contributed by atoms with Crippen LogP contribution in [0.25, 0.3) is 5.57 Å². The van der Waals surface area contributed by atoms with E-state index in [2.05, 4.69) is 62.4 Å². The maximum Gasteiger partial charge on any atom is 4.00 e. The zero-order valence-corrected chi connectivity index (χ0v) is 22.2. The Kier molecular flexibility index (Phi) is 16.5. The normalized spacial score (nSPS) is 15.8. The first kappa shape index (κ1) is 27.8. The molecule has 0 spiro atoms. The molecule has 31 heavy (non-hydrogen) atoms. The fourth-order valence-corrected chi connectivity index (χ4v) is 3.96. The van der Waals surface area contributed by atoms with Crippen LogP contribution in [0.3, 0.4) is 0 Å². The second-order valence-corrected chi connectivity index (χ2v) is 8.13. The molecule has 2 aliphatic carbocycles. The predicted molar refractivity (Wildman–Crippen MR) is 132 cm³/mol. The summed E-state index contributed by atoms with van der Waals surface area (Å²) >= 11 is 0. The van der Waals surface area contributed by atoms with E-state index in [4.69, 9.17) is 0 Å². The molecule has 0 N–H and O–H groups in total. The van der Waals surface area contributed by atoms with Crippen LogP contribution in [0.2, 0.25) is 0 Å². The topological polar surface area (TPSA) is 0 Å². The van der Waals surface area contributed by atoms with Crippen LogP contribution in [0, 0.1) is 12.2 Å². The summed E-state index contributed by atoms with van der Waals surface area (Å²) in [7, 11) is 0. The molecule has 0 radical (unpaired) electrons. The summed E-state index contributed by atoms with van der Waals surface area (Å²) in [5, 5.41) is 0. The summed E-state index contributed by atoms with van der Waals surface area (Å²) in [6, 6.07) is 20.8. The van der Waals surface area contributed by atoms with Gasteiger partial charge in [-0.1, -0.05) is 121 Å². The van der Waals surface area contributed by atoms with E-state index in [9.17, 15) is 0 Å². The van der Waals surface area contributed by atoms with E-state index >= 15 is 0 Å². The molecule has 0 nitrogen and oxygen atoms in total. The fourth-order valence-electron chi connectivity index (χ4n) is 3.96. The van der Waals surface area contributed by atoms with Crippen LogP contribution in [-0.4, -0.2) is 0 Å². The van der Waals surface area contributed by atoms with Gasteiger partial charge in [0.25, 0.3) is 0 Å². The van der Waals surface area contributed by atoms with Gasteiger partial charge in [-0.25, -0.2) is 6.08 Å². The molecule has 0 aromatic heterocycles. The van der Waals surface area contributed by atoms with Gasteiger partial charge in [-0.3, -0.25) is 11.1 Å². The summed E-state index contributed by atoms with van der Waals surface area (Å²) in [5.74, 6) is 0. The van der Waals surface area contributed by atoms with Crippen molar-refractivity contribution in [3.05, 3.63) is 89.5 Å². The monoisotopic (exact) mass is 490 g/mol. The number of hydrogen-bond acceptors (Lipinski definition) is 0. The van der Waals surface area contributed by atoms with Crippen molar-refractivity contribution < 1.29 is 26.2 Å². The average molecular weight is 492 g/mol. The van der Waals surface area contributed by atoms with E-state index in [1.165, 1.54) is 75.3 Å². The van der Waals surface area contributed by atoms with E-state index in [-0.39, 0.29) is 26.2 Å². The molecule has 2 fully saturated rings. The zero-order valence-electron chi connectivity index (χ0n) is 19.8. The van der Waals surface area contributed by atoms with Crippen LogP contribution in [0.15, 0.2) is 66.2 Å². The van der Waals surface area contributed by atoms with Crippen molar-refractivity contribution in [2.75, 3.05) is 0 Å². The van der Waals surface area contributed by atoms with Crippen molar-refractivity contribution >= 4 is 5.57 Å². The number of benzene rings is 2. The summed E-state index contributed by atoms with van der Waals surface area (Å²) in [5.41, 5.74) is 4.70. The molecular formula is C30H40Zr+2. The van der Waals surface area contributed by atoms with Gasteiger partial charge in [0.05, 0.1) is 0 Å². The van der Waals surface area contributed by atoms with Crippen molar-refractivity contribution in [2.45, 2.75) is 90.9 Å². The largest absolute Gasteiger partial charge is 4.00 e. The van der Waals surface area contributed by atoms with Crippen molar-refractivity contribution in [2.24, 2.45) is 0 Å². The molecule has 0 saturated heterocycles. The second-order valence-electron chi connectivity index (χ2n) is 8.13. The zero-order chi connectivity index (χ0) is 21.3. The van der Waals surface area contributed by atoms with Gasteiger partial charge >= 0.3 is 26.2 Å². The van der Waals surface area contributed by atoms with Crippen LogP contribution in [0.5, 0.6) is 0 Å². The quantitative estimate of drug-likeness (QED) is 0.222. The maximum atomic E-state index is 3.55. The molecule has 2 aliphatic rings. The summed E-state index contributed by atoms with van der Waals surface area (Å²) < 4.78 is 0. The maximum absolute atomic E-state index is 3.55. The third kappa shape index (κ3) is 11.8. The smallest absolute Gasteiger partial charge is 0.313 e. The van der Waals surface area contributed by atoms with E-state index in [0.29, 0.717) is 0 Å². The predicted octanol–water partition coefficient (Wildman–Crippen LogP) is 9.37. The molecular weight excluding hydrogens is 452 g/mol. The Labute approximate surface area is 211 Å². The van der Waals surface area contributed by atoms with Gasteiger partial charge in [0, 0.05) is 0 Å². The molecule has 0 unspecified atom stereocenters. The first-order valence-electron chi connectivity index (χ1n) is 12.2. The van der Waals surface area contributed by atoms with E-state index in [0.717, 1.165) is 24.0 Å². The van der Waals surface area contributed by atoms with Crippen molar-refractivity contribution in [1.29, 1.82) is 0 Å². The van der Waals surface area contributed by atoms with E-state index in [1.807, 2.05) is 24.3 Å². The SMILES string of the molecule is C1CCCC1.C1CCCC1.CC[C-]=C(CC)C(=[C-]c1ccccc1)c1ccccc1.[Zr+4]. The van der Waals surface area contributed by atoms with Gasteiger partial charge < -0.3 is 6.08 Å². The van der Waals surface area contributed by atoms with Gasteiger partial charge in [0.2, 0.25) is 0 Å². The van der Waals surface area contributed by atoms with E-state index < -0.39 is 0 Å². The summed E-state index contributed by atoms with van der Waals surface area (Å²) in [4.78, 5) is 0. The minimum atomic E-state index is 0. The average Bonchev–Trinajstić information content (AvgIpc) is 3.57. The fraction of sp³-hybridized carbons (Fsp3) is 0.467. The summed E-state index contributed by atoms with van der Waals surface area (Å²) in [6.45, 7) is 4.30. The Morgan fingerprint density at radius 3 is 1.45 bits per heavy atom. The molecule has 1 heteroatoms. The third-order valence-electron chi connectivity index (χ3n) is 5.65. The molecule has 2 aromatic rings. The van der Waals surface area contributed by atoms with Crippen molar-refractivity contribution in [3.63, 3.8) is 0 Å². The first-order valence-corrected chi connectivity index (χ1v) is 12.2. The minimum Gasteiger partial charge on any atom is -0.313 e. The number of hydrogen-bond donors (Lipinski definition) is 0. The van der Waals surface area contributed by atoms with Gasteiger partial charge in [-0.2, -0.15) is 5.56 Å². The van der Waals surface area contributed by atoms with Crippen LogP contribution >= 0.6 is 0 Å². The van der Waals surface area contributed by atoms with Crippen LogP contribution in [0.1, 0.15) is 102 Å². The molecule has 162 valence electrons. The van der Waals surface area contributed by atoms with Crippen molar-refractivity contribution in [3.8, 4) is 0 Å². The molecule has 4 rings (SSSR count). The second kappa shape index (κ2) is 18.4. The van der Waals surface area contributed by atoms with E-state index in [1.54, 1.807) is 0 Å².